The van der Waals surface area contributed by atoms with Crippen LogP contribution in [0.2, 0.25) is 0 Å². The lowest BCUT2D eigenvalue weighted by molar-refractivity contribution is 1.37. The predicted octanol–water partition coefficient (Wildman–Crippen LogP) is 9.14. The van der Waals surface area contributed by atoms with Gasteiger partial charge in [-0.3, -0.25) is 0 Å². The van der Waals surface area contributed by atoms with Crippen LogP contribution < -0.4 is 0 Å². The van der Waals surface area contributed by atoms with Crippen LogP contribution in [0.1, 0.15) is 0 Å². The van der Waals surface area contributed by atoms with Crippen LogP contribution in [0.3, 0.4) is 0 Å². The molecule has 10 aromatic rings. The molecule has 2 heteroatoms. The minimum absolute atomic E-state index is 1.28. The van der Waals surface area contributed by atoms with Crippen molar-refractivity contribution in [3.8, 4) is 0 Å². The molecule has 0 unspecified atom stereocenters. The fourth-order valence-corrected chi connectivity index (χ4v) is 7.10. The molecule has 0 saturated carbocycles. The maximum Gasteiger partial charge on any atom is 0.0620 e. The molecular weight excluding hydrogens is 436 g/mol. The molecule has 0 aliphatic rings. The summed E-state index contributed by atoms with van der Waals surface area (Å²) in [6, 6.07) is 40.7. The van der Waals surface area contributed by atoms with Gasteiger partial charge in [0.25, 0.3) is 0 Å². The van der Waals surface area contributed by atoms with Gasteiger partial charge < -0.3 is 8.80 Å². The minimum atomic E-state index is 1.28. The highest BCUT2D eigenvalue weighted by molar-refractivity contribution is 6.27. The molecule has 0 amide bonds. The van der Waals surface area contributed by atoms with Crippen LogP contribution in [-0.4, -0.2) is 8.80 Å². The van der Waals surface area contributed by atoms with E-state index in [0.717, 1.165) is 0 Å². The quantitative estimate of drug-likeness (QED) is 0.216. The van der Waals surface area contributed by atoms with E-state index < -0.39 is 0 Å². The zero-order valence-corrected chi connectivity index (χ0v) is 19.3. The number of nitrogens with zero attached hydrogens (tertiary/aromatic N) is 2. The Morgan fingerprint density at radius 3 is 1.19 bits per heavy atom. The third-order valence-corrected chi connectivity index (χ3v) is 8.52. The van der Waals surface area contributed by atoms with Crippen molar-refractivity contribution >= 4 is 87.0 Å². The molecule has 164 valence electrons. The number of fused-ring (bicyclic) bond motifs is 13. The van der Waals surface area contributed by atoms with Crippen molar-refractivity contribution in [2.24, 2.45) is 0 Å². The molecule has 0 saturated heterocycles. The lowest BCUT2D eigenvalue weighted by Crippen LogP contribution is -1.83. The van der Waals surface area contributed by atoms with Crippen LogP contribution in [0.15, 0.2) is 109 Å². The van der Waals surface area contributed by atoms with Crippen molar-refractivity contribution in [1.29, 1.82) is 0 Å². The van der Waals surface area contributed by atoms with Crippen LogP contribution >= 0.6 is 0 Å². The summed E-state index contributed by atoms with van der Waals surface area (Å²) in [7, 11) is 0. The molecule has 6 aromatic carbocycles. The maximum absolute atomic E-state index is 2.47. The number of benzene rings is 6. The summed E-state index contributed by atoms with van der Waals surface area (Å²) in [4.78, 5) is 0. The van der Waals surface area contributed by atoms with E-state index >= 15 is 0 Å². The summed E-state index contributed by atoms with van der Waals surface area (Å²) in [5, 5.41) is 13.2. The highest BCUT2D eigenvalue weighted by Gasteiger charge is 2.20. The topological polar surface area (TPSA) is 8.82 Å². The van der Waals surface area contributed by atoms with E-state index in [9.17, 15) is 0 Å². The van der Waals surface area contributed by atoms with Gasteiger partial charge in [0.05, 0.1) is 33.1 Å². The molecule has 0 fully saturated rings. The molecule has 0 aliphatic carbocycles. The Hall–Kier alpha value is -4.82. The fraction of sp³-hybridized carbons (Fsp3) is 0. The first-order chi connectivity index (χ1) is 17.9. The standard InChI is InChI=1S/C34H18N2/c1-3-13-29-21(7-1)23-9-5-11-25-27-15-19-16-28-26-12-6-10-24-22-8-2-4-14-30(22)36(34(24)26)32(28)18-20(19)17-31(27)35(29)33(23)25/h1-18H. The Morgan fingerprint density at radius 1 is 0.306 bits per heavy atom. The number of rotatable bonds is 0. The van der Waals surface area contributed by atoms with Gasteiger partial charge in [-0.15, -0.1) is 0 Å². The van der Waals surface area contributed by atoms with Crippen LogP contribution in [0.25, 0.3) is 87.0 Å². The van der Waals surface area contributed by atoms with Crippen LogP contribution in [0, 0.1) is 0 Å². The average molecular weight is 455 g/mol. The average Bonchev–Trinajstić information content (AvgIpc) is 3.64. The Bertz CT molecular complexity index is 2350. The van der Waals surface area contributed by atoms with Crippen molar-refractivity contribution in [2.75, 3.05) is 0 Å². The van der Waals surface area contributed by atoms with Crippen molar-refractivity contribution in [3.05, 3.63) is 109 Å². The number of aromatic nitrogens is 2. The fourth-order valence-electron chi connectivity index (χ4n) is 7.10. The van der Waals surface area contributed by atoms with Gasteiger partial charge in [0.1, 0.15) is 0 Å². The van der Waals surface area contributed by atoms with Gasteiger partial charge in [-0.1, -0.05) is 72.8 Å². The summed E-state index contributed by atoms with van der Waals surface area (Å²) in [6.45, 7) is 0. The highest BCUT2D eigenvalue weighted by atomic mass is 14.9. The first kappa shape index (κ1) is 17.6. The Kier molecular flexibility index (Phi) is 2.78. The summed E-state index contributed by atoms with van der Waals surface area (Å²) >= 11 is 0. The second kappa shape index (κ2) is 5.69. The molecule has 0 N–H and O–H groups in total. The SMILES string of the molecule is c1ccc2c(c1)c1cccc3c4cc5cc6c7cccc8c9ccccc9n(c6cc5cc4n2c13)c87. The smallest absolute Gasteiger partial charge is 0.0620 e. The van der Waals surface area contributed by atoms with Crippen LogP contribution in [0.5, 0.6) is 0 Å². The second-order valence-electron chi connectivity index (χ2n) is 10.2. The Labute approximate surface area is 204 Å². The second-order valence-corrected chi connectivity index (χ2v) is 10.2. The van der Waals surface area contributed by atoms with Crippen molar-refractivity contribution < 1.29 is 0 Å². The third-order valence-electron chi connectivity index (χ3n) is 8.52. The largest absolute Gasteiger partial charge is 0.308 e. The highest BCUT2D eigenvalue weighted by Crippen LogP contribution is 2.43. The van der Waals surface area contributed by atoms with Crippen molar-refractivity contribution in [1.82, 2.24) is 8.80 Å². The number of hydrogen-bond acceptors (Lipinski definition) is 0. The molecule has 0 radical (unpaired) electrons. The molecule has 4 aromatic heterocycles. The van der Waals surface area contributed by atoms with Gasteiger partial charge in [-0.25, -0.2) is 0 Å². The maximum atomic E-state index is 2.47. The molecule has 0 spiro atoms. The van der Waals surface area contributed by atoms with E-state index in [1.54, 1.807) is 0 Å². The predicted molar refractivity (Wildman–Crippen MR) is 153 cm³/mol. The molecule has 0 aliphatic heterocycles. The first-order valence-corrected chi connectivity index (χ1v) is 12.5. The Morgan fingerprint density at radius 2 is 0.694 bits per heavy atom. The van der Waals surface area contributed by atoms with E-state index in [-0.39, 0.29) is 0 Å². The molecule has 0 bridgehead atoms. The van der Waals surface area contributed by atoms with Crippen LogP contribution in [-0.2, 0) is 0 Å². The van der Waals surface area contributed by atoms with Gasteiger partial charge in [0, 0.05) is 43.1 Å². The zero-order chi connectivity index (χ0) is 23.1. The lowest BCUT2D eigenvalue weighted by atomic mass is 10.0. The first-order valence-electron chi connectivity index (χ1n) is 12.5. The molecule has 0 atom stereocenters. The molecular formula is C34H18N2. The normalized spacial score (nSPS) is 13.0. The molecule has 36 heavy (non-hydrogen) atoms. The summed E-state index contributed by atoms with van der Waals surface area (Å²) in [5.74, 6) is 0. The van der Waals surface area contributed by atoms with Crippen molar-refractivity contribution in [2.45, 2.75) is 0 Å². The van der Waals surface area contributed by atoms with E-state index in [1.807, 2.05) is 0 Å². The van der Waals surface area contributed by atoms with E-state index in [2.05, 4.69) is 118 Å². The monoisotopic (exact) mass is 454 g/mol. The van der Waals surface area contributed by atoms with Gasteiger partial charge in [0.15, 0.2) is 0 Å². The van der Waals surface area contributed by atoms with Gasteiger partial charge >= 0.3 is 0 Å². The van der Waals surface area contributed by atoms with Gasteiger partial charge in [-0.2, -0.15) is 0 Å². The summed E-state index contributed by atoms with van der Waals surface area (Å²) < 4.78 is 4.94. The molecule has 10 rings (SSSR count). The lowest BCUT2D eigenvalue weighted by Gasteiger charge is -2.04. The molecule has 2 nitrogen and oxygen atoms in total. The van der Waals surface area contributed by atoms with Gasteiger partial charge in [0.2, 0.25) is 0 Å². The zero-order valence-electron chi connectivity index (χ0n) is 19.3. The van der Waals surface area contributed by atoms with Crippen LogP contribution in [0.4, 0.5) is 0 Å². The van der Waals surface area contributed by atoms with E-state index in [4.69, 9.17) is 0 Å². The number of hydrogen-bond donors (Lipinski definition) is 0. The van der Waals surface area contributed by atoms with E-state index in [0.29, 0.717) is 0 Å². The Balaban J connectivity index is 1.45. The third kappa shape index (κ3) is 1.81. The van der Waals surface area contributed by atoms with Gasteiger partial charge in [-0.05, 0) is 47.2 Å². The van der Waals surface area contributed by atoms with E-state index in [1.165, 1.54) is 87.0 Å². The van der Waals surface area contributed by atoms with Crippen molar-refractivity contribution in [3.63, 3.8) is 0 Å². The summed E-state index contributed by atoms with van der Waals surface area (Å²) in [6.07, 6.45) is 0. The molecule has 4 heterocycles. The summed E-state index contributed by atoms with van der Waals surface area (Å²) in [5.41, 5.74) is 7.80. The number of para-hydroxylation sites is 4. The minimum Gasteiger partial charge on any atom is -0.308 e.